The van der Waals surface area contributed by atoms with Crippen molar-refractivity contribution < 1.29 is 21.6 Å². The lowest BCUT2D eigenvalue weighted by atomic mass is 10.2. The number of piperazine rings is 1. The monoisotopic (exact) mass is 523 g/mol. The van der Waals surface area contributed by atoms with Gasteiger partial charge in [-0.05, 0) is 42.8 Å². The van der Waals surface area contributed by atoms with Gasteiger partial charge in [0.15, 0.2) is 0 Å². The Kier molecular flexibility index (Phi) is 8.29. The normalized spacial score (nSPS) is 14.8. The molecule has 1 N–H and O–H groups in total. The fourth-order valence-electron chi connectivity index (χ4n) is 3.85. The molecular weight excluding hydrogens is 490 g/mol. The molecular formula is C23H33N5O5S2. The maximum Gasteiger partial charge on any atom is 0.319 e. The largest absolute Gasteiger partial charge is 0.366 e. The van der Waals surface area contributed by atoms with Crippen molar-refractivity contribution in [3.8, 4) is 0 Å². The molecule has 2 amide bonds. The Morgan fingerprint density at radius 3 is 2.03 bits per heavy atom. The Balaban J connectivity index is 1.75. The van der Waals surface area contributed by atoms with Gasteiger partial charge in [0.05, 0.1) is 21.2 Å². The minimum absolute atomic E-state index is 0.000200. The van der Waals surface area contributed by atoms with Crippen LogP contribution in [-0.2, 0) is 20.0 Å². The number of hydrogen-bond acceptors (Lipinski definition) is 6. The van der Waals surface area contributed by atoms with Crippen LogP contribution in [0.15, 0.2) is 58.3 Å². The van der Waals surface area contributed by atoms with Crippen molar-refractivity contribution in [1.29, 1.82) is 0 Å². The van der Waals surface area contributed by atoms with Crippen LogP contribution < -0.4 is 9.62 Å². The van der Waals surface area contributed by atoms with Gasteiger partial charge in [0, 0.05) is 53.9 Å². The summed E-state index contributed by atoms with van der Waals surface area (Å²) in [5.74, 6) is 0. The van der Waals surface area contributed by atoms with Gasteiger partial charge >= 0.3 is 6.03 Å². The number of carbonyl (C=O) groups is 1. The number of nitrogens with zero attached hydrogens (tertiary/aromatic N) is 4. The standard InChI is InChI=1S/C23H33N5O5S2/c1-5-14-26(4)23(29)28-17-15-27(16-18-28)22-9-7-6-8-21(22)24-34(30,31)19-10-12-20(13-11-19)35(32,33)25(2)3/h6-13,24H,5,14-18H2,1-4H3. The van der Waals surface area contributed by atoms with Gasteiger partial charge < -0.3 is 14.7 Å². The number of benzene rings is 2. The molecule has 0 aromatic heterocycles. The first-order valence-corrected chi connectivity index (χ1v) is 14.3. The average Bonchev–Trinajstić information content (AvgIpc) is 2.84. The second kappa shape index (κ2) is 10.8. The summed E-state index contributed by atoms with van der Waals surface area (Å²) in [5, 5.41) is 0. The molecule has 3 rings (SSSR count). The number of amides is 2. The fourth-order valence-corrected chi connectivity index (χ4v) is 5.83. The maximum absolute atomic E-state index is 13.1. The minimum Gasteiger partial charge on any atom is -0.366 e. The van der Waals surface area contributed by atoms with Crippen LogP contribution in [0.3, 0.4) is 0 Å². The zero-order chi connectivity index (χ0) is 25.8. The van der Waals surface area contributed by atoms with Crippen LogP contribution in [0.5, 0.6) is 0 Å². The first-order valence-electron chi connectivity index (χ1n) is 11.4. The SMILES string of the molecule is CCCN(C)C(=O)N1CCN(c2ccccc2NS(=O)(=O)c2ccc(S(=O)(=O)N(C)C)cc2)CC1. The molecule has 10 nitrogen and oxygen atoms in total. The van der Waals surface area contributed by atoms with Gasteiger partial charge in [-0.3, -0.25) is 4.72 Å². The van der Waals surface area contributed by atoms with E-state index in [1.54, 1.807) is 24.1 Å². The van der Waals surface area contributed by atoms with Crippen molar-refractivity contribution in [3.63, 3.8) is 0 Å². The van der Waals surface area contributed by atoms with E-state index in [4.69, 9.17) is 0 Å². The molecule has 0 atom stereocenters. The third kappa shape index (κ3) is 6.06. The van der Waals surface area contributed by atoms with Crippen molar-refractivity contribution in [2.45, 2.75) is 23.1 Å². The number of para-hydroxylation sites is 2. The molecule has 12 heteroatoms. The van der Waals surface area contributed by atoms with Crippen LogP contribution in [0.25, 0.3) is 0 Å². The van der Waals surface area contributed by atoms with E-state index in [1.165, 1.54) is 38.4 Å². The Labute approximate surface area is 208 Å². The topological polar surface area (TPSA) is 110 Å². The molecule has 2 aromatic carbocycles. The van der Waals surface area contributed by atoms with Crippen LogP contribution in [0, 0.1) is 0 Å². The highest BCUT2D eigenvalue weighted by atomic mass is 32.2. The molecule has 0 bridgehead atoms. The van der Waals surface area contributed by atoms with E-state index < -0.39 is 20.0 Å². The summed E-state index contributed by atoms with van der Waals surface area (Å²) in [6.45, 7) is 4.94. The predicted octanol–water partition coefficient (Wildman–Crippen LogP) is 2.32. The summed E-state index contributed by atoms with van der Waals surface area (Å²) in [4.78, 5) is 18.1. The molecule has 0 spiro atoms. The number of rotatable bonds is 8. The van der Waals surface area contributed by atoms with Crippen LogP contribution in [0.4, 0.5) is 16.2 Å². The van der Waals surface area contributed by atoms with Crippen molar-refractivity contribution in [1.82, 2.24) is 14.1 Å². The molecule has 0 unspecified atom stereocenters. The Morgan fingerprint density at radius 1 is 0.886 bits per heavy atom. The number of hydrogen-bond donors (Lipinski definition) is 1. The van der Waals surface area contributed by atoms with E-state index >= 15 is 0 Å². The van der Waals surface area contributed by atoms with Crippen molar-refractivity contribution >= 4 is 37.5 Å². The number of nitrogens with one attached hydrogen (secondary N) is 1. The Bertz CT molecular complexity index is 1240. The predicted molar refractivity (Wildman–Crippen MR) is 137 cm³/mol. The summed E-state index contributed by atoms with van der Waals surface area (Å²) in [6.07, 6.45) is 0.893. The highest BCUT2D eigenvalue weighted by Gasteiger charge is 2.26. The summed E-state index contributed by atoms with van der Waals surface area (Å²) >= 11 is 0. The van der Waals surface area contributed by atoms with E-state index in [0.29, 0.717) is 38.4 Å². The summed E-state index contributed by atoms with van der Waals surface area (Å²) < 4.78 is 54.4. The maximum atomic E-state index is 13.1. The second-order valence-electron chi connectivity index (χ2n) is 8.56. The second-order valence-corrected chi connectivity index (χ2v) is 12.4. The molecule has 2 aromatic rings. The van der Waals surface area contributed by atoms with Crippen molar-refractivity contribution in [3.05, 3.63) is 48.5 Å². The first-order chi connectivity index (χ1) is 16.5. The molecule has 1 saturated heterocycles. The van der Waals surface area contributed by atoms with Gasteiger partial charge in [-0.1, -0.05) is 19.1 Å². The van der Waals surface area contributed by atoms with Gasteiger partial charge in [-0.15, -0.1) is 0 Å². The minimum atomic E-state index is -3.96. The number of urea groups is 1. The van der Waals surface area contributed by atoms with Gasteiger partial charge in [-0.25, -0.2) is 25.9 Å². The third-order valence-electron chi connectivity index (χ3n) is 5.84. The lowest BCUT2D eigenvalue weighted by Crippen LogP contribution is -2.52. The molecule has 1 heterocycles. The summed E-state index contributed by atoms with van der Waals surface area (Å²) in [7, 11) is -2.99. The molecule has 35 heavy (non-hydrogen) atoms. The Hall–Kier alpha value is -2.83. The molecule has 0 radical (unpaired) electrons. The van der Waals surface area contributed by atoms with Gasteiger partial charge in [0.25, 0.3) is 10.0 Å². The zero-order valence-electron chi connectivity index (χ0n) is 20.5. The molecule has 1 fully saturated rings. The zero-order valence-corrected chi connectivity index (χ0v) is 22.1. The smallest absolute Gasteiger partial charge is 0.319 e. The molecule has 192 valence electrons. The van der Waals surface area contributed by atoms with Crippen molar-refractivity contribution in [2.75, 3.05) is 63.5 Å². The van der Waals surface area contributed by atoms with Gasteiger partial charge in [0.2, 0.25) is 10.0 Å². The number of anilines is 2. The van der Waals surface area contributed by atoms with E-state index in [1.807, 2.05) is 28.9 Å². The third-order valence-corrected chi connectivity index (χ3v) is 9.05. The quantitative estimate of drug-likeness (QED) is 0.569. The number of sulfonamides is 2. The lowest BCUT2D eigenvalue weighted by molar-refractivity contribution is 0.160. The lowest BCUT2D eigenvalue weighted by Gasteiger charge is -2.38. The van der Waals surface area contributed by atoms with Gasteiger partial charge in [0.1, 0.15) is 0 Å². The number of carbonyl (C=O) groups excluding carboxylic acids is 1. The van der Waals surface area contributed by atoms with Crippen molar-refractivity contribution in [2.24, 2.45) is 0 Å². The molecule has 1 aliphatic rings. The van der Waals surface area contributed by atoms with E-state index in [9.17, 15) is 21.6 Å². The van der Waals surface area contributed by atoms with E-state index in [-0.39, 0.29) is 15.8 Å². The highest BCUT2D eigenvalue weighted by Crippen LogP contribution is 2.29. The van der Waals surface area contributed by atoms with E-state index in [2.05, 4.69) is 4.72 Å². The first kappa shape index (κ1) is 26.8. The van der Waals surface area contributed by atoms with E-state index in [0.717, 1.165) is 16.4 Å². The van der Waals surface area contributed by atoms with Crippen LogP contribution in [0.1, 0.15) is 13.3 Å². The van der Waals surface area contributed by atoms with Crippen LogP contribution >= 0.6 is 0 Å². The van der Waals surface area contributed by atoms with Gasteiger partial charge in [-0.2, -0.15) is 0 Å². The highest BCUT2D eigenvalue weighted by molar-refractivity contribution is 7.92. The molecule has 1 aliphatic heterocycles. The van der Waals surface area contributed by atoms with Crippen LogP contribution in [0.2, 0.25) is 0 Å². The Morgan fingerprint density at radius 2 is 1.46 bits per heavy atom. The summed E-state index contributed by atoms with van der Waals surface area (Å²) in [5.41, 5.74) is 1.14. The van der Waals surface area contributed by atoms with Crippen LogP contribution in [-0.4, -0.2) is 90.8 Å². The summed E-state index contributed by atoms with van der Waals surface area (Å²) in [6, 6.07) is 12.2. The fraction of sp³-hybridized carbons (Fsp3) is 0.435. The average molecular weight is 524 g/mol. The molecule has 0 aliphatic carbocycles. The molecule has 0 saturated carbocycles.